The van der Waals surface area contributed by atoms with Gasteiger partial charge in [0.25, 0.3) is 0 Å². The third-order valence-electron chi connectivity index (χ3n) is 4.86. The fraction of sp³-hybridized carbons (Fsp3) is 0.450. The molecule has 0 spiro atoms. The van der Waals surface area contributed by atoms with Crippen LogP contribution < -0.4 is 0 Å². The quantitative estimate of drug-likeness (QED) is 0.377. The molecule has 1 heterocycles. The molecule has 0 aromatic heterocycles. The summed E-state index contributed by atoms with van der Waals surface area (Å²) >= 11 is 2.26. The maximum Gasteiger partial charge on any atom is 0.315 e. The topological polar surface area (TPSA) is 65.0 Å². The first-order chi connectivity index (χ1) is 12.5. The summed E-state index contributed by atoms with van der Waals surface area (Å²) in [6, 6.07) is 7.89. The third kappa shape index (κ3) is 3.76. The monoisotopic (exact) mass is 467 g/mol. The van der Waals surface area contributed by atoms with Gasteiger partial charge in [-0.05, 0) is 54.0 Å². The van der Waals surface area contributed by atoms with E-state index in [0.29, 0.717) is 24.3 Å². The zero-order valence-corrected chi connectivity index (χ0v) is 17.1. The van der Waals surface area contributed by atoms with Crippen molar-refractivity contribution in [3.05, 3.63) is 44.7 Å². The van der Waals surface area contributed by atoms with E-state index in [1.165, 1.54) is 0 Å². The Hall–Kier alpha value is -1.54. The van der Waals surface area contributed by atoms with E-state index in [1.807, 2.05) is 31.2 Å². The van der Waals surface area contributed by atoms with Crippen molar-refractivity contribution < 1.29 is 19.1 Å². The molecule has 26 heavy (non-hydrogen) atoms. The predicted molar refractivity (Wildman–Crippen MR) is 107 cm³/mol. The number of nitrogens with zero attached hydrogens (tertiary/aromatic N) is 1. The minimum atomic E-state index is -0.580. The van der Waals surface area contributed by atoms with Gasteiger partial charge in [0, 0.05) is 40.0 Å². The van der Waals surface area contributed by atoms with Crippen LogP contribution in [-0.4, -0.2) is 37.8 Å². The van der Waals surface area contributed by atoms with E-state index in [1.54, 1.807) is 7.11 Å². The van der Waals surface area contributed by atoms with Crippen LogP contribution in [0.3, 0.4) is 0 Å². The zero-order chi connectivity index (χ0) is 18.7. The van der Waals surface area contributed by atoms with Gasteiger partial charge in [-0.1, -0.05) is 18.2 Å². The minimum absolute atomic E-state index is 0.0989. The van der Waals surface area contributed by atoms with E-state index in [0.717, 1.165) is 27.7 Å². The van der Waals surface area contributed by atoms with Crippen molar-refractivity contribution in [2.45, 2.75) is 32.1 Å². The lowest BCUT2D eigenvalue weighted by molar-refractivity contribution is -0.147. The summed E-state index contributed by atoms with van der Waals surface area (Å²) in [5, 5.41) is 0. The Labute approximate surface area is 167 Å². The molecule has 138 valence electrons. The number of Topliss-reactive ketones (excluding diaryl/α,β-unsaturated/α-hetero) is 1. The molecule has 1 aromatic rings. The lowest BCUT2D eigenvalue weighted by atomic mass is 9.72. The Morgan fingerprint density at radius 2 is 2.04 bits per heavy atom. The average molecular weight is 467 g/mol. The summed E-state index contributed by atoms with van der Waals surface area (Å²) < 4.78 is 11.4. The molecule has 2 aliphatic rings. The SMILES string of the molecule is COCCOC(=O)C1C(C)=NC2=C(C(=O)CCC2)[C@H]1c1ccccc1I. The number of hydrogen-bond acceptors (Lipinski definition) is 5. The van der Waals surface area contributed by atoms with Crippen LogP contribution in [0.25, 0.3) is 0 Å². The lowest BCUT2D eigenvalue weighted by Crippen LogP contribution is -2.38. The second kappa shape index (κ2) is 8.43. The van der Waals surface area contributed by atoms with E-state index in [4.69, 9.17) is 9.47 Å². The number of methoxy groups -OCH3 is 1. The molecule has 2 atom stereocenters. The molecule has 1 aliphatic carbocycles. The number of carbonyl (C=O) groups excluding carboxylic acids is 2. The Kier molecular flexibility index (Phi) is 6.24. The molecular formula is C20H22INO4. The van der Waals surface area contributed by atoms with Crippen molar-refractivity contribution in [2.24, 2.45) is 10.9 Å². The normalized spacial score (nSPS) is 22.7. The number of halogens is 1. The highest BCUT2D eigenvalue weighted by atomic mass is 127. The Morgan fingerprint density at radius 3 is 2.77 bits per heavy atom. The number of ketones is 1. The number of benzene rings is 1. The van der Waals surface area contributed by atoms with Gasteiger partial charge in [-0.3, -0.25) is 14.6 Å². The van der Waals surface area contributed by atoms with Crippen LogP contribution in [0.15, 0.2) is 40.5 Å². The standard InChI is InChI=1S/C20H22INO4/c1-12-17(20(24)26-11-10-25-2)18(13-6-3-4-7-14(13)21)19-15(22-12)8-5-9-16(19)23/h3-4,6-7,17-18H,5,8-11H2,1-2H3/t17?,18-/m0/s1. The van der Waals surface area contributed by atoms with Crippen molar-refractivity contribution in [2.75, 3.05) is 20.3 Å². The first-order valence-electron chi connectivity index (χ1n) is 8.76. The molecule has 5 nitrogen and oxygen atoms in total. The fourth-order valence-corrected chi connectivity index (χ4v) is 4.41. The van der Waals surface area contributed by atoms with E-state index < -0.39 is 5.92 Å². The van der Waals surface area contributed by atoms with Crippen molar-refractivity contribution in [3.8, 4) is 0 Å². The molecule has 0 saturated carbocycles. The Balaban J connectivity index is 2.06. The van der Waals surface area contributed by atoms with Gasteiger partial charge in [0.1, 0.15) is 12.5 Å². The predicted octanol–water partition coefficient (Wildman–Crippen LogP) is 3.66. The van der Waals surface area contributed by atoms with Gasteiger partial charge in [-0.25, -0.2) is 0 Å². The first-order valence-corrected chi connectivity index (χ1v) is 9.84. The van der Waals surface area contributed by atoms with Gasteiger partial charge in [-0.15, -0.1) is 0 Å². The molecule has 6 heteroatoms. The van der Waals surface area contributed by atoms with Crippen molar-refractivity contribution in [1.29, 1.82) is 0 Å². The third-order valence-corrected chi connectivity index (χ3v) is 5.84. The molecule has 0 fully saturated rings. The van der Waals surface area contributed by atoms with Crippen LogP contribution in [-0.2, 0) is 19.1 Å². The largest absolute Gasteiger partial charge is 0.463 e. The maximum absolute atomic E-state index is 12.9. The molecule has 0 N–H and O–H groups in total. The van der Waals surface area contributed by atoms with Gasteiger partial charge in [0.05, 0.1) is 6.61 Å². The maximum atomic E-state index is 12.9. The second-order valence-corrected chi connectivity index (χ2v) is 7.69. The summed E-state index contributed by atoms with van der Waals surface area (Å²) in [6.07, 6.45) is 2.11. The number of hydrogen-bond donors (Lipinski definition) is 0. The lowest BCUT2D eigenvalue weighted by Gasteiger charge is -2.34. The summed E-state index contributed by atoms with van der Waals surface area (Å²) in [5.74, 6) is -1.17. The van der Waals surface area contributed by atoms with Crippen LogP contribution >= 0.6 is 22.6 Å². The first kappa shape index (κ1) is 19.2. The molecular weight excluding hydrogens is 445 g/mol. The molecule has 1 unspecified atom stereocenters. The minimum Gasteiger partial charge on any atom is -0.463 e. The van der Waals surface area contributed by atoms with Crippen LogP contribution in [0, 0.1) is 9.49 Å². The number of aliphatic imine (C=N–C) groups is 1. The van der Waals surface area contributed by atoms with E-state index in [2.05, 4.69) is 27.6 Å². The van der Waals surface area contributed by atoms with Crippen LogP contribution in [0.4, 0.5) is 0 Å². The number of carbonyl (C=O) groups is 2. The average Bonchev–Trinajstić information content (AvgIpc) is 2.61. The fourth-order valence-electron chi connectivity index (χ4n) is 3.69. The summed E-state index contributed by atoms with van der Waals surface area (Å²) in [6.45, 7) is 2.39. The van der Waals surface area contributed by atoms with Crippen molar-refractivity contribution in [1.82, 2.24) is 0 Å². The van der Waals surface area contributed by atoms with E-state index >= 15 is 0 Å². The molecule has 1 aliphatic heterocycles. The van der Waals surface area contributed by atoms with Crippen LogP contribution in [0.5, 0.6) is 0 Å². The molecule has 0 radical (unpaired) electrons. The summed E-state index contributed by atoms with van der Waals surface area (Å²) in [4.78, 5) is 30.3. The molecule has 0 bridgehead atoms. The number of allylic oxidation sites excluding steroid dienone is 2. The van der Waals surface area contributed by atoms with Crippen LogP contribution in [0.2, 0.25) is 0 Å². The number of esters is 1. The van der Waals surface area contributed by atoms with Crippen LogP contribution in [0.1, 0.15) is 37.7 Å². The van der Waals surface area contributed by atoms with E-state index in [9.17, 15) is 9.59 Å². The Bertz CT molecular complexity index is 784. The van der Waals surface area contributed by atoms with Gasteiger partial charge in [-0.2, -0.15) is 0 Å². The van der Waals surface area contributed by atoms with E-state index in [-0.39, 0.29) is 24.3 Å². The van der Waals surface area contributed by atoms with Crippen molar-refractivity contribution in [3.63, 3.8) is 0 Å². The van der Waals surface area contributed by atoms with Crippen molar-refractivity contribution >= 4 is 40.1 Å². The summed E-state index contributed by atoms with van der Waals surface area (Å²) in [7, 11) is 1.56. The highest BCUT2D eigenvalue weighted by Crippen LogP contribution is 2.44. The van der Waals surface area contributed by atoms with Gasteiger partial charge in [0.15, 0.2) is 5.78 Å². The zero-order valence-electron chi connectivity index (χ0n) is 15.0. The molecule has 0 amide bonds. The molecule has 3 rings (SSSR count). The highest BCUT2D eigenvalue weighted by Gasteiger charge is 2.43. The van der Waals surface area contributed by atoms with Gasteiger partial charge in [0.2, 0.25) is 0 Å². The number of rotatable bonds is 5. The molecule has 1 aromatic carbocycles. The smallest absolute Gasteiger partial charge is 0.315 e. The van der Waals surface area contributed by atoms with Gasteiger partial charge < -0.3 is 9.47 Å². The number of ether oxygens (including phenoxy) is 2. The second-order valence-electron chi connectivity index (χ2n) is 6.53. The summed E-state index contributed by atoms with van der Waals surface area (Å²) in [5.41, 5.74) is 3.23. The molecule has 0 saturated heterocycles. The Morgan fingerprint density at radius 1 is 1.27 bits per heavy atom. The van der Waals surface area contributed by atoms with Gasteiger partial charge >= 0.3 is 5.97 Å². The highest BCUT2D eigenvalue weighted by molar-refractivity contribution is 14.1.